The number of hydrogen-bond acceptors (Lipinski definition) is 3. The highest BCUT2D eigenvalue weighted by molar-refractivity contribution is 5.94. The number of carbonyl (C=O) groups is 1. The van der Waals surface area contributed by atoms with Gasteiger partial charge in [-0.25, -0.2) is 9.79 Å². The lowest BCUT2D eigenvalue weighted by atomic mass is 10.2. The molecule has 102 valence electrons. The molecule has 0 aliphatic carbocycles. The number of aliphatic imine (C=N–C) groups is 2. The lowest BCUT2D eigenvalue weighted by Gasteiger charge is -2.07. The van der Waals surface area contributed by atoms with Gasteiger partial charge in [-0.05, 0) is 38.1 Å². The van der Waals surface area contributed by atoms with E-state index in [0.717, 1.165) is 0 Å². The Bertz CT molecular complexity index is 501. The van der Waals surface area contributed by atoms with Crippen molar-refractivity contribution in [2.24, 2.45) is 27.2 Å². The molecule has 0 aliphatic heterocycles. The SMILES string of the molecule is CC(C)OC(=O)c1ccc(N=C(N)N=C(N)N)cc1. The number of carbonyl (C=O) groups excluding carboxylic acids is 1. The van der Waals surface area contributed by atoms with Crippen LogP contribution in [0.3, 0.4) is 0 Å². The summed E-state index contributed by atoms with van der Waals surface area (Å²) in [6, 6.07) is 6.41. The molecule has 0 bridgehead atoms. The Hall–Kier alpha value is -2.57. The van der Waals surface area contributed by atoms with Gasteiger partial charge in [0.25, 0.3) is 0 Å². The maximum atomic E-state index is 11.6. The Kier molecular flexibility index (Phi) is 4.87. The normalized spacial score (nSPS) is 11.2. The molecular formula is C12H17N5O2. The summed E-state index contributed by atoms with van der Waals surface area (Å²) >= 11 is 0. The summed E-state index contributed by atoms with van der Waals surface area (Å²) in [6.07, 6.45) is -0.164. The van der Waals surface area contributed by atoms with Crippen LogP contribution in [-0.4, -0.2) is 24.0 Å². The predicted molar refractivity (Wildman–Crippen MR) is 74.1 cm³/mol. The van der Waals surface area contributed by atoms with E-state index in [9.17, 15) is 4.79 Å². The zero-order valence-corrected chi connectivity index (χ0v) is 10.8. The van der Waals surface area contributed by atoms with Crippen molar-refractivity contribution in [3.8, 4) is 0 Å². The second kappa shape index (κ2) is 6.39. The van der Waals surface area contributed by atoms with Crippen molar-refractivity contribution in [3.05, 3.63) is 29.8 Å². The highest BCUT2D eigenvalue weighted by atomic mass is 16.5. The Morgan fingerprint density at radius 3 is 2.21 bits per heavy atom. The van der Waals surface area contributed by atoms with Crippen molar-refractivity contribution < 1.29 is 9.53 Å². The molecule has 0 aliphatic rings. The predicted octanol–water partition coefficient (Wildman–Crippen LogP) is 0.471. The first-order valence-electron chi connectivity index (χ1n) is 5.63. The third-order valence-electron chi connectivity index (χ3n) is 1.93. The van der Waals surface area contributed by atoms with Crippen molar-refractivity contribution in [1.29, 1.82) is 0 Å². The van der Waals surface area contributed by atoms with Crippen molar-refractivity contribution in [2.45, 2.75) is 20.0 Å². The fraction of sp³-hybridized carbons (Fsp3) is 0.250. The van der Waals surface area contributed by atoms with Gasteiger partial charge in [0.15, 0.2) is 5.96 Å². The van der Waals surface area contributed by atoms with E-state index in [1.165, 1.54) is 0 Å². The number of guanidine groups is 2. The molecule has 0 unspecified atom stereocenters. The van der Waals surface area contributed by atoms with Gasteiger partial charge in [-0.1, -0.05) is 0 Å². The van der Waals surface area contributed by atoms with E-state index in [1.54, 1.807) is 38.1 Å². The van der Waals surface area contributed by atoms with Gasteiger partial charge < -0.3 is 21.9 Å². The van der Waals surface area contributed by atoms with Gasteiger partial charge in [0, 0.05) is 0 Å². The minimum Gasteiger partial charge on any atom is -0.459 e. The molecule has 19 heavy (non-hydrogen) atoms. The Labute approximate surface area is 111 Å². The van der Waals surface area contributed by atoms with E-state index in [-0.39, 0.29) is 24.0 Å². The average molecular weight is 263 g/mol. The summed E-state index contributed by atoms with van der Waals surface area (Å²) in [6.45, 7) is 3.57. The largest absolute Gasteiger partial charge is 0.459 e. The van der Waals surface area contributed by atoms with Gasteiger partial charge in [0.1, 0.15) is 0 Å². The van der Waals surface area contributed by atoms with E-state index in [4.69, 9.17) is 21.9 Å². The van der Waals surface area contributed by atoms with Crippen molar-refractivity contribution in [1.82, 2.24) is 0 Å². The van der Waals surface area contributed by atoms with E-state index in [0.29, 0.717) is 11.3 Å². The fourth-order valence-corrected chi connectivity index (χ4v) is 1.24. The van der Waals surface area contributed by atoms with Crippen LogP contribution in [0.5, 0.6) is 0 Å². The van der Waals surface area contributed by atoms with Gasteiger partial charge >= 0.3 is 5.97 Å². The zero-order valence-electron chi connectivity index (χ0n) is 10.8. The Morgan fingerprint density at radius 2 is 1.74 bits per heavy atom. The molecule has 0 amide bonds. The third-order valence-corrected chi connectivity index (χ3v) is 1.93. The first kappa shape index (κ1) is 14.5. The molecule has 0 saturated heterocycles. The van der Waals surface area contributed by atoms with Gasteiger partial charge in [-0.3, -0.25) is 0 Å². The van der Waals surface area contributed by atoms with Crippen LogP contribution >= 0.6 is 0 Å². The summed E-state index contributed by atoms with van der Waals surface area (Å²) in [7, 11) is 0. The van der Waals surface area contributed by atoms with Crippen LogP contribution in [-0.2, 0) is 4.74 Å². The molecule has 1 aromatic carbocycles. The lowest BCUT2D eigenvalue weighted by Crippen LogP contribution is -2.26. The maximum Gasteiger partial charge on any atom is 0.338 e. The molecule has 0 aromatic heterocycles. The minimum absolute atomic E-state index is 0.0579. The number of nitrogens with two attached hydrogens (primary N) is 3. The highest BCUT2D eigenvalue weighted by Crippen LogP contribution is 2.14. The van der Waals surface area contributed by atoms with Crippen LogP contribution in [0.25, 0.3) is 0 Å². The monoisotopic (exact) mass is 263 g/mol. The molecule has 0 heterocycles. The third kappa shape index (κ3) is 5.07. The maximum absolute atomic E-state index is 11.6. The van der Waals surface area contributed by atoms with Crippen molar-refractivity contribution >= 4 is 23.6 Å². The number of esters is 1. The average Bonchev–Trinajstić information content (AvgIpc) is 2.27. The topological polar surface area (TPSA) is 129 Å². The van der Waals surface area contributed by atoms with E-state index in [2.05, 4.69) is 9.98 Å². The number of benzene rings is 1. The summed E-state index contributed by atoms with van der Waals surface area (Å²) in [4.78, 5) is 19.1. The minimum atomic E-state index is -0.386. The highest BCUT2D eigenvalue weighted by Gasteiger charge is 2.08. The first-order chi connectivity index (χ1) is 8.88. The molecule has 0 fully saturated rings. The van der Waals surface area contributed by atoms with Crippen LogP contribution in [0, 0.1) is 0 Å². The van der Waals surface area contributed by atoms with Crippen LogP contribution in [0.1, 0.15) is 24.2 Å². The van der Waals surface area contributed by atoms with E-state index < -0.39 is 0 Å². The Balaban J connectivity index is 2.82. The summed E-state index contributed by atoms with van der Waals surface area (Å²) in [5.41, 5.74) is 16.8. The molecular weight excluding hydrogens is 246 g/mol. The van der Waals surface area contributed by atoms with Gasteiger partial charge in [-0.15, -0.1) is 0 Å². The van der Waals surface area contributed by atoms with Crippen molar-refractivity contribution in [3.63, 3.8) is 0 Å². The molecule has 6 N–H and O–H groups in total. The van der Waals surface area contributed by atoms with Gasteiger partial charge in [0.2, 0.25) is 5.96 Å². The second-order valence-electron chi connectivity index (χ2n) is 4.01. The van der Waals surface area contributed by atoms with Gasteiger partial charge in [-0.2, -0.15) is 4.99 Å². The fourth-order valence-electron chi connectivity index (χ4n) is 1.24. The molecule has 7 nitrogen and oxygen atoms in total. The molecule has 0 spiro atoms. The van der Waals surface area contributed by atoms with Gasteiger partial charge in [0.05, 0.1) is 17.4 Å². The summed E-state index contributed by atoms with van der Waals surface area (Å²) in [5, 5.41) is 0. The molecule has 1 rings (SSSR count). The quantitative estimate of drug-likeness (QED) is 0.414. The number of ether oxygens (including phenoxy) is 1. The molecule has 0 saturated carbocycles. The van der Waals surface area contributed by atoms with Crippen LogP contribution < -0.4 is 17.2 Å². The number of rotatable bonds is 3. The molecule has 1 aromatic rings. The molecule has 7 heteroatoms. The van der Waals surface area contributed by atoms with E-state index in [1.807, 2.05) is 0 Å². The molecule has 0 atom stereocenters. The summed E-state index contributed by atoms with van der Waals surface area (Å²) < 4.78 is 5.06. The van der Waals surface area contributed by atoms with Crippen LogP contribution in [0.15, 0.2) is 34.3 Å². The standard InChI is InChI=1S/C12H17N5O2/c1-7(2)19-10(18)8-3-5-9(6-4-8)16-12(15)17-11(13)14/h3-7H,1-2H3,(H6,13,14,15,16,17). The van der Waals surface area contributed by atoms with E-state index >= 15 is 0 Å². The number of nitrogens with zero attached hydrogens (tertiary/aromatic N) is 2. The first-order valence-corrected chi connectivity index (χ1v) is 5.63. The number of hydrogen-bond donors (Lipinski definition) is 3. The van der Waals surface area contributed by atoms with Crippen LogP contribution in [0.4, 0.5) is 5.69 Å². The van der Waals surface area contributed by atoms with Crippen LogP contribution in [0.2, 0.25) is 0 Å². The Morgan fingerprint density at radius 1 is 1.16 bits per heavy atom. The molecule has 0 radical (unpaired) electrons. The van der Waals surface area contributed by atoms with Crippen molar-refractivity contribution in [2.75, 3.05) is 0 Å². The lowest BCUT2D eigenvalue weighted by molar-refractivity contribution is 0.0378. The summed E-state index contributed by atoms with van der Waals surface area (Å²) in [5.74, 6) is -0.612. The zero-order chi connectivity index (χ0) is 14.4. The smallest absolute Gasteiger partial charge is 0.338 e. The second-order valence-corrected chi connectivity index (χ2v) is 4.01.